The summed E-state index contributed by atoms with van der Waals surface area (Å²) in [5.74, 6) is 0. The molecule has 0 amide bonds. The predicted octanol–water partition coefficient (Wildman–Crippen LogP) is 20.0. The summed E-state index contributed by atoms with van der Waals surface area (Å²) >= 11 is 0. The van der Waals surface area contributed by atoms with Gasteiger partial charge in [-0.2, -0.15) is 0 Å². The maximum absolute atomic E-state index is 2.69. The van der Waals surface area contributed by atoms with Crippen molar-refractivity contribution in [3.05, 3.63) is 315 Å². The van der Waals surface area contributed by atoms with Crippen LogP contribution in [0, 0.1) is 0 Å². The van der Waals surface area contributed by atoms with Gasteiger partial charge >= 0.3 is 0 Å². The van der Waals surface area contributed by atoms with E-state index in [1.807, 2.05) is 0 Å². The first-order valence-electron chi connectivity index (χ1n) is 30.6. The number of para-hydroxylation sites is 4. The van der Waals surface area contributed by atoms with E-state index in [1.165, 1.54) is 136 Å². The van der Waals surface area contributed by atoms with E-state index < -0.39 is 0 Å². The summed E-state index contributed by atoms with van der Waals surface area (Å²) in [7, 11) is 0. The summed E-state index contributed by atoms with van der Waals surface area (Å²) in [4.78, 5) is 0. The first-order valence-corrected chi connectivity index (χ1v) is 30.6. The van der Waals surface area contributed by atoms with Gasteiger partial charge in [0, 0.05) is 54.7 Å². The standard InChI is InChI=1S/C84H52BN3/c1-4-24-53(25-5-1)56-44-45-66-71(46-56)64-34-14-13-33-63(64)68-37-17-23-43-79(68)88-81-52-59(86-76-40-20-18-38-69(76)70-39-19-21-41-77(70)86)51-80-82(81)85(75-50-58(48-73(66)84(75)88)55-28-8-3-9-29-55)74-49-57(54-26-6-2-7-27-54)47-72-65-35-15-11-31-61(65)60-30-10-12-32-62(60)67-36-16-22-42-78(67)87(80)83(72)74/h1-52H. The van der Waals surface area contributed by atoms with Crippen LogP contribution in [0.2, 0.25) is 0 Å². The number of hydrogen-bond donors (Lipinski definition) is 0. The molecule has 406 valence electrons. The Hall–Kier alpha value is -11.5. The molecule has 3 aromatic heterocycles. The van der Waals surface area contributed by atoms with Crippen LogP contribution in [0.5, 0.6) is 0 Å². The third-order valence-corrected chi connectivity index (χ3v) is 19.2. The summed E-state index contributed by atoms with van der Waals surface area (Å²) < 4.78 is 7.91. The largest absolute Gasteiger partial charge is 0.310 e. The minimum absolute atomic E-state index is 0.260. The van der Waals surface area contributed by atoms with Crippen molar-refractivity contribution in [1.82, 2.24) is 13.7 Å². The lowest BCUT2D eigenvalue weighted by Gasteiger charge is -2.37. The lowest BCUT2D eigenvalue weighted by atomic mass is 9.34. The van der Waals surface area contributed by atoms with Crippen LogP contribution in [0.15, 0.2) is 315 Å². The zero-order valence-electron chi connectivity index (χ0n) is 47.9. The molecule has 5 heterocycles. The molecule has 0 unspecified atom stereocenters. The van der Waals surface area contributed by atoms with E-state index in [2.05, 4.69) is 329 Å². The molecule has 0 fully saturated rings. The molecular formula is C84H52BN3. The van der Waals surface area contributed by atoms with Crippen LogP contribution in [0.4, 0.5) is 0 Å². The van der Waals surface area contributed by atoms with Crippen molar-refractivity contribution >= 4 is 132 Å². The molecule has 4 heteroatoms. The Morgan fingerprint density at radius 1 is 0.193 bits per heavy atom. The van der Waals surface area contributed by atoms with Gasteiger partial charge < -0.3 is 13.7 Å². The van der Waals surface area contributed by atoms with Crippen LogP contribution in [0.25, 0.3) is 159 Å². The van der Waals surface area contributed by atoms with E-state index in [4.69, 9.17) is 0 Å². The molecule has 0 aliphatic carbocycles. The van der Waals surface area contributed by atoms with Gasteiger partial charge in [-0.1, -0.05) is 261 Å². The molecule has 0 saturated carbocycles. The van der Waals surface area contributed by atoms with Gasteiger partial charge in [-0.15, -0.1) is 0 Å². The van der Waals surface area contributed by atoms with Crippen molar-refractivity contribution < 1.29 is 0 Å². The van der Waals surface area contributed by atoms with Crippen molar-refractivity contribution in [2.45, 2.75) is 0 Å². The molecule has 17 aromatic rings. The molecule has 3 nitrogen and oxygen atoms in total. The molecule has 0 bridgehead atoms. The Kier molecular flexibility index (Phi) is 10.6. The molecule has 0 spiro atoms. The van der Waals surface area contributed by atoms with Crippen LogP contribution in [-0.4, -0.2) is 20.4 Å². The Labute approximate surface area is 508 Å². The fraction of sp³-hybridized carbons (Fsp3) is 0. The van der Waals surface area contributed by atoms with E-state index in [0.717, 1.165) is 39.1 Å². The SMILES string of the molecule is c1ccc(-c2ccc3c(c2)c2ccccc2c2ccccc2n2c4c(cc(-c5ccccc5)cc34)B3c4c(cc(-n5c6ccccc6c6ccccc65)cc4-2)-n2c4ccccc4c4ccccc4c4ccccc4c4cc(-c5ccccc5)cc3c42)cc1. The average molecular weight is 1110 g/mol. The lowest BCUT2D eigenvalue weighted by molar-refractivity contribution is 1.10. The van der Waals surface area contributed by atoms with E-state index in [-0.39, 0.29) is 6.71 Å². The van der Waals surface area contributed by atoms with Gasteiger partial charge in [0.15, 0.2) is 0 Å². The molecule has 0 radical (unpaired) electrons. The van der Waals surface area contributed by atoms with Crippen molar-refractivity contribution in [3.8, 4) is 50.4 Å². The molecule has 0 N–H and O–H groups in total. The van der Waals surface area contributed by atoms with Gasteiger partial charge in [0.2, 0.25) is 0 Å². The van der Waals surface area contributed by atoms with Gasteiger partial charge in [-0.3, -0.25) is 0 Å². The van der Waals surface area contributed by atoms with Gasteiger partial charge in [-0.25, -0.2) is 0 Å². The second kappa shape index (κ2) is 19.0. The van der Waals surface area contributed by atoms with Crippen LogP contribution < -0.4 is 16.4 Å². The summed E-state index contributed by atoms with van der Waals surface area (Å²) in [6.07, 6.45) is 0. The van der Waals surface area contributed by atoms with E-state index in [0.29, 0.717) is 0 Å². The van der Waals surface area contributed by atoms with Gasteiger partial charge in [0.05, 0.1) is 27.8 Å². The molecule has 0 saturated heterocycles. The smallest absolute Gasteiger partial charge is 0.252 e. The maximum atomic E-state index is 2.69. The van der Waals surface area contributed by atoms with Crippen molar-refractivity contribution in [1.29, 1.82) is 0 Å². The molecule has 88 heavy (non-hydrogen) atoms. The van der Waals surface area contributed by atoms with E-state index >= 15 is 0 Å². The highest BCUT2D eigenvalue weighted by atomic mass is 15.1. The van der Waals surface area contributed by atoms with Crippen LogP contribution in [0.3, 0.4) is 0 Å². The predicted molar refractivity (Wildman–Crippen MR) is 376 cm³/mol. The Balaban J connectivity index is 1.13. The highest BCUT2D eigenvalue weighted by molar-refractivity contribution is 7.00. The number of nitrogens with zero attached hydrogens (tertiary/aromatic N) is 3. The number of hydrogen-bond acceptors (Lipinski definition) is 0. The summed E-state index contributed by atoms with van der Waals surface area (Å²) in [5, 5.41) is 16.7. The number of fused-ring (bicyclic) bond motifs is 21. The highest BCUT2D eigenvalue weighted by Crippen LogP contribution is 2.44. The minimum atomic E-state index is -0.260. The Bertz CT molecular complexity index is 5940. The number of benzene rings is 14. The zero-order chi connectivity index (χ0) is 57.6. The highest BCUT2D eigenvalue weighted by Gasteiger charge is 2.41. The van der Waals surface area contributed by atoms with Crippen molar-refractivity contribution in [2.24, 2.45) is 0 Å². The first kappa shape index (κ1) is 48.9. The molecule has 0 atom stereocenters. The Morgan fingerprint density at radius 3 is 0.909 bits per heavy atom. The summed E-state index contributed by atoms with van der Waals surface area (Å²) in [5.41, 5.74) is 21.2. The topological polar surface area (TPSA) is 14.8 Å². The lowest BCUT2D eigenvalue weighted by Crippen LogP contribution is -2.60. The summed E-state index contributed by atoms with van der Waals surface area (Å²) in [6.45, 7) is -0.260. The Morgan fingerprint density at radius 2 is 0.489 bits per heavy atom. The van der Waals surface area contributed by atoms with Crippen LogP contribution in [-0.2, 0) is 0 Å². The van der Waals surface area contributed by atoms with E-state index in [9.17, 15) is 0 Å². The van der Waals surface area contributed by atoms with Gasteiger partial charge in [0.25, 0.3) is 6.71 Å². The quantitative estimate of drug-likeness (QED) is 0.156. The second-order valence-corrected chi connectivity index (χ2v) is 23.8. The van der Waals surface area contributed by atoms with Crippen molar-refractivity contribution in [3.63, 3.8) is 0 Å². The second-order valence-electron chi connectivity index (χ2n) is 23.8. The third kappa shape index (κ3) is 7.09. The van der Waals surface area contributed by atoms with Crippen LogP contribution >= 0.6 is 0 Å². The number of aromatic nitrogens is 3. The fourth-order valence-corrected chi connectivity index (χ4v) is 15.5. The minimum Gasteiger partial charge on any atom is -0.310 e. The van der Waals surface area contributed by atoms with Gasteiger partial charge in [0.1, 0.15) is 0 Å². The number of rotatable bonds is 4. The van der Waals surface area contributed by atoms with Crippen LogP contribution in [0.1, 0.15) is 0 Å². The molecule has 2 aliphatic rings. The fourth-order valence-electron chi connectivity index (χ4n) is 15.5. The maximum Gasteiger partial charge on any atom is 0.252 e. The van der Waals surface area contributed by atoms with E-state index in [1.54, 1.807) is 0 Å². The van der Waals surface area contributed by atoms with Crippen molar-refractivity contribution in [2.75, 3.05) is 0 Å². The molecule has 19 rings (SSSR count). The van der Waals surface area contributed by atoms with Gasteiger partial charge in [-0.05, 0) is 147 Å². The monoisotopic (exact) mass is 1110 g/mol. The molecular weight excluding hydrogens is 1060 g/mol. The average Bonchev–Trinajstić information content (AvgIpc) is 1.02. The normalized spacial score (nSPS) is 12.3. The third-order valence-electron chi connectivity index (χ3n) is 19.2. The zero-order valence-corrected chi connectivity index (χ0v) is 47.9. The molecule has 14 aromatic carbocycles. The molecule has 2 aliphatic heterocycles. The first-order chi connectivity index (χ1) is 43.7. The summed E-state index contributed by atoms with van der Waals surface area (Å²) in [6, 6.07) is 119.